The van der Waals surface area contributed by atoms with Gasteiger partial charge >= 0.3 is 5.97 Å². The lowest BCUT2D eigenvalue weighted by atomic mass is 9.83. The van der Waals surface area contributed by atoms with Crippen LogP contribution in [0, 0.1) is 5.92 Å². The quantitative estimate of drug-likeness (QED) is 0.322. The van der Waals surface area contributed by atoms with E-state index in [4.69, 9.17) is 18.9 Å². The minimum atomic E-state index is -0.875. The van der Waals surface area contributed by atoms with Gasteiger partial charge in [0.2, 0.25) is 18.4 Å². The number of ether oxygens (including phenoxy) is 4. The van der Waals surface area contributed by atoms with Gasteiger partial charge in [0.15, 0.2) is 11.5 Å². The van der Waals surface area contributed by atoms with Crippen molar-refractivity contribution in [2.45, 2.75) is 64.3 Å². The predicted octanol–water partition coefficient (Wildman–Crippen LogP) is 4.96. The van der Waals surface area contributed by atoms with Crippen LogP contribution in [0.4, 0.5) is 0 Å². The summed E-state index contributed by atoms with van der Waals surface area (Å²) in [4.78, 5) is 30.6. The Balaban J connectivity index is 1.66. The van der Waals surface area contributed by atoms with E-state index >= 15 is 0 Å². The number of carbonyl (C=O) groups excluding carboxylic acids is 1. The highest BCUT2D eigenvalue weighted by atomic mass is 16.7. The van der Waals surface area contributed by atoms with E-state index in [1.807, 2.05) is 41.3 Å². The lowest BCUT2D eigenvalue weighted by Gasteiger charge is -2.30. The van der Waals surface area contributed by atoms with E-state index in [1.165, 1.54) is 0 Å². The molecule has 0 radical (unpaired) electrons. The summed E-state index contributed by atoms with van der Waals surface area (Å²) in [6.07, 6.45) is 5.13. The second-order valence-corrected chi connectivity index (χ2v) is 10.9. The fourth-order valence-corrected chi connectivity index (χ4v) is 6.10. The number of hydrogen-bond acceptors (Lipinski definition) is 7. The Bertz CT molecular complexity index is 1180. The molecular formula is C32H44N2O7. The summed E-state index contributed by atoms with van der Waals surface area (Å²) < 4.78 is 22.4. The van der Waals surface area contributed by atoms with Crippen LogP contribution in [0.25, 0.3) is 0 Å². The minimum absolute atomic E-state index is 0.0576. The van der Waals surface area contributed by atoms with Crippen molar-refractivity contribution in [3.8, 4) is 23.0 Å². The van der Waals surface area contributed by atoms with Crippen molar-refractivity contribution in [3.63, 3.8) is 0 Å². The van der Waals surface area contributed by atoms with Crippen LogP contribution in [0.1, 0.15) is 63.0 Å². The number of likely N-dealkylation sites (tertiary alicyclic amines) is 1. The van der Waals surface area contributed by atoms with Gasteiger partial charge in [-0.25, -0.2) is 0 Å². The monoisotopic (exact) mass is 568 g/mol. The van der Waals surface area contributed by atoms with E-state index in [9.17, 15) is 14.7 Å². The molecule has 9 nitrogen and oxygen atoms in total. The molecule has 2 aliphatic rings. The van der Waals surface area contributed by atoms with E-state index in [0.717, 1.165) is 55.6 Å². The zero-order valence-electron chi connectivity index (χ0n) is 24.8. The molecule has 1 saturated heterocycles. The Hall–Kier alpha value is -3.46. The van der Waals surface area contributed by atoms with Gasteiger partial charge in [-0.2, -0.15) is 0 Å². The number of aliphatic carboxylic acids is 1. The number of rotatable bonds is 15. The third-order valence-electron chi connectivity index (χ3n) is 8.30. The van der Waals surface area contributed by atoms with Gasteiger partial charge in [-0.05, 0) is 55.0 Å². The average molecular weight is 569 g/mol. The largest absolute Gasteiger partial charge is 0.496 e. The fourth-order valence-electron chi connectivity index (χ4n) is 6.10. The van der Waals surface area contributed by atoms with E-state index in [0.29, 0.717) is 36.6 Å². The summed E-state index contributed by atoms with van der Waals surface area (Å²) >= 11 is 0. The number of nitrogens with zero attached hydrogens (tertiary/aromatic N) is 2. The topological polar surface area (TPSA) is 97.8 Å². The second-order valence-electron chi connectivity index (χ2n) is 10.9. The highest BCUT2D eigenvalue weighted by Gasteiger charge is 2.47. The van der Waals surface area contributed by atoms with Crippen LogP contribution < -0.4 is 18.9 Å². The average Bonchev–Trinajstić information content (AvgIpc) is 3.60. The number of benzene rings is 2. The molecular weight excluding hydrogens is 524 g/mol. The van der Waals surface area contributed by atoms with Crippen molar-refractivity contribution in [2.75, 3.05) is 47.2 Å². The Kier molecular flexibility index (Phi) is 10.7. The molecule has 0 saturated carbocycles. The fraction of sp³-hybridized carbons (Fsp3) is 0.562. The Labute approximate surface area is 243 Å². The van der Waals surface area contributed by atoms with Crippen LogP contribution >= 0.6 is 0 Å². The van der Waals surface area contributed by atoms with Gasteiger partial charge in [-0.3, -0.25) is 14.5 Å². The third kappa shape index (κ3) is 7.07. The molecule has 2 aliphatic heterocycles. The van der Waals surface area contributed by atoms with Gasteiger partial charge in [-0.1, -0.05) is 44.9 Å². The minimum Gasteiger partial charge on any atom is -0.496 e. The highest BCUT2D eigenvalue weighted by molar-refractivity contribution is 5.79. The molecule has 1 amide bonds. The first-order valence-corrected chi connectivity index (χ1v) is 14.8. The zero-order chi connectivity index (χ0) is 29.4. The zero-order valence-corrected chi connectivity index (χ0v) is 24.8. The molecule has 0 aromatic heterocycles. The maximum Gasteiger partial charge on any atom is 0.308 e. The van der Waals surface area contributed by atoms with Gasteiger partial charge in [0.25, 0.3) is 0 Å². The van der Waals surface area contributed by atoms with Crippen molar-refractivity contribution >= 4 is 11.9 Å². The molecule has 2 heterocycles. The SMILES string of the molecule is CCCCN(CCCC)C(=O)CN1CC(c2cc(OC)c3c(c2)OCO3)[C@H](C(=O)O)[C@H]1CCc1ccccc1OC. The maximum atomic E-state index is 13.7. The van der Waals surface area contributed by atoms with Crippen LogP contribution in [-0.4, -0.2) is 80.0 Å². The summed E-state index contributed by atoms with van der Waals surface area (Å²) in [6.45, 7) is 6.41. The third-order valence-corrected chi connectivity index (χ3v) is 8.30. The van der Waals surface area contributed by atoms with Crippen molar-refractivity contribution < 1.29 is 33.6 Å². The maximum absolute atomic E-state index is 13.7. The number of carboxylic acid groups (broad SMARTS) is 1. The van der Waals surface area contributed by atoms with E-state index in [1.54, 1.807) is 14.2 Å². The first-order chi connectivity index (χ1) is 19.9. The Morgan fingerprint density at radius 3 is 2.39 bits per heavy atom. The molecule has 1 fully saturated rings. The number of fused-ring (bicyclic) bond motifs is 1. The number of para-hydroxylation sites is 1. The standard InChI is InChI=1S/C32H44N2O7/c1-5-7-15-33(16-8-6-2)29(35)20-34-19-24(23-17-27(39-4)31-28(18-23)40-21-41-31)30(32(36)37)25(34)14-13-22-11-9-10-12-26(22)38-3/h9-12,17-18,24-25,30H,5-8,13-16,19-21H2,1-4H3,(H,36,37)/t24?,25-,30+/m1/s1. The molecule has 2 aromatic rings. The lowest BCUT2D eigenvalue weighted by molar-refractivity contribution is -0.143. The van der Waals surface area contributed by atoms with Crippen LogP contribution in [0.3, 0.4) is 0 Å². The molecule has 9 heteroatoms. The molecule has 0 spiro atoms. The molecule has 41 heavy (non-hydrogen) atoms. The van der Waals surface area contributed by atoms with E-state index < -0.39 is 11.9 Å². The van der Waals surface area contributed by atoms with Crippen molar-refractivity contribution in [2.24, 2.45) is 5.92 Å². The molecule has 0 aliphatic carbocycles. The molecule has 224 valence electrons. The molecule has 1 unspecified atom stereocenters. The first-order valence-electron chi connectivity index (χ1n) is 14.8. The number of aryl methyl sites for hydroxylation is 1. The normalized spacial score (nSPS) is 19.8. The first kappa shape index (κ1) is 30.5. The highest BCUT2D eigenvalue weighted by Crippen LogP contribution is 2.47. The van der Waals surface area contributed by atoms with Crippen molar-refractivity contribution in [1.29, 1.82) is 0 Å². The van der Waals surface area contributed by atoms with Gasteiger partial charge in [-0.15, -0.1) is 0 Å². The molecule has 3 atom stereocenters. The Morgan fingerprint density at radius 1 is 1.02 bits per heavy atom. The van der Waals surface area contributed by atoms with Crippen molar-refractivity contribution in [3.05, 3.63) is 47.5 Å². The number of carboxylic acids is 1. The number of unbranched alkanes of at least 4 members (excludes halogenated alkanes) is 2. The molecule has 2 aromatic carbocycles. The van der Waals surface area contributed by atoms with Gasteiger partial charge in [0.05, 0.1) is 26.7 Å². The summed E-state index contributed by atoms with van der Waals surface area (Å²) in [5.41, 5.74) is 1.83. The van der Waals surface area contributed by atoms with Gasteiger partial charge in [0, 0.05) is 31.6 Å². The summed E-state index contributed by atoms with van der Waals surface area (Å²) in [6, 6.07) is 11.2. The molecule has 1 N–H and O–H groups in total. The van der Waals surface area contributed by atoms with Crippen LogP contribution in [-0.2, 0) is 16.0 Å². The van der Waals surface area contributed by atoms with E-state index in [-0.39, 0.29) is 31.2 Å². The summed E-state index contributed by atoms with van der Waals surface area (Å²) in [7, 11) is 3.20. The number of carbonyl (C=O) groups is 2. The predicted molar refractivity (Wildman–Crippen MR) is 156 cm³/mol. The number of hydrogen-bond donors (Lipinski definition) is 1. The smallest absolute Gasteiger partial charge is 0.308 e. The van der Waals surface area contributed by atoms with Gasteiger partial charge in [0.1, 0.15) is 5.75 Å². The molecule has 0 bridgehead atoms. The summed E-state index contributed by atoms with van der Waals surface area (Å²) in [5, 5.41) is 10.6. The van der Waals surface area contributed by atoms with Crippen LogP contribution in [0.2, 0.25) is 0 Å². The molecule has 4 rings (SSSR count). The van der Waals surface area contributed by atoms with Crippen molar-refractivity contribution in [1.82, 2.24) is 9.80 Å². The number of amides is 1. The summed E-state index contributed by atoms with van der Waals surface area (Å²) in [5.74, 6) is 0.486. The Morgan fingerprint density at radius 2 is 1.73 bits per heavy atom. The lowest BCUT2D eigenvalue weighted by Crippen LogP contribution is -2.44. The van der Waals surface area contributed by atoms with Gasteiger partial charge < -0.3 is 29.0 Å². The van der Waals surface area contributed by atoms with E-state index in [2.05, 4.69) is 18.7 Å². The van der Waals surface area contributed by atoms with Crippen LogP contribution in [0.15, 0.2) is 36.4 Å². The number of methoxy groups -OCH3 is 2. The second kappa shape index (κ2) is 14.4. The van der Waals surface area contributed by atoms with Crippen LogP contribution in [0.5, 0.6) is 23.0 Å².